The third-order valence-corrected chi connectivity index (χ3v) is 0.231. The fourth-order valence-corrected chi connectivity index (χ4v) is 0. The summed E-state index contributed by atoms with van der Waals surface area (Å²) in [6, 6.07) is 0. The van der Waals surface area contributed by atoms with Gasteiger partial charge in [-0.2, -0.15) is 0 Å². The van der Waals surface area contributed by atoms with Crippen molar-refractivity contribution < 1.29 is 17.8 Å². The van der Waals surface area contributed by atoms with Crippen LogP contribution in [-0.4, -0.2) is 14.4 Å². The molecule has 0 aliphatic carbocycles. The lowest BCUT2D eigenvalue weighted by Crippen LogP contribution is -2.09. The molecule has 6 heavy (non-hydrogen) atoms. The van der Waals surface area contributed by atoms with Crippen molar-refractivity contribution in [2.24, 2.45) is 0 Å². The van der Waals surface area contributed by atoms with E-state index in [2.05, 4.69) is 4.65 Å². The molecule has 5 heteroatoms. The Labute approximate surface area is 33.5 Å². The second kappa shape index (κ2) is 1.51. The van der Waals surface area contributed by atoms with Crippen LogP contribution in [0.5, 0.6) is 0 Å². The molecule has 0 spiro atoms. The van der Waals surface area contributed by atoms with Gasteiger partial charge < -0.3 is 4.65 Å². The largest absolute Gasteiger partial charge is 0.507 e. The number of rotatable bonds is 0. The molecule has 0 aromatic heterocycles. The second-order valence-electron chi connectivity index (χ2n) is 0.650. The topological polar surface area (TPSA) is 9.23 Å². The highest BCUT2D eigenvalue weighted by molar-refractivity contribution is 5.98. The molecular weight excluding hydrogens is 95.8 g/mol. The van der Waals surface area contributed by atoms with Gasteiger partial charge in [-0.3, -0.25) is 0 Å². The van der Waals surface area contributed by atoms with Gasteiger partial charge in [0.25, 0.3) is 8.05 Å². The Morgan fingerprint density at radius 3 is 1.50 bits per heavy atom. The maximum Gasteiger partial charge on any atom is 0.507 e. The molecule has 0 aromatic rings. The van der Waals surface area contributed by atoms with Gasteiger partial charge in [0, 0.05) is 0 Å². The summed E-state index contributed by atoms with van der Waals surface area (Å²) >= 11 is 0. The number of hydrogen-bond acceptors (Lipinski definition) is 1. The summed E-state index contributed by atoms with van der Waals surface area (Å²) < 4.78 is 34.6. The van der Waals surface area contributed by atoms with Gasteiger partial charge in [-0.25, -0.2) is 0 Å². The minimum Gasteiger partial charge on any atom is -0.363 e. The van der Waals surface area contributed by atoms with Crippen LogP contribution in [0.15, 0.2) is 0 Å². The maximum atomic E-state index is 10.6. The summed E-state index contributed by atoms with van der Waals surface area (Å²) in [5, 5.41) is 0. The lowest BCUT2D eigenvalue weighted by Gasteiger charge is -1.98. The third-order valence-electron chi connectivity index (χ3n) is 0.231. The molecule has 36 valence electrons. The predicted octanol–water partition coefficient (Wildman–Crippen LogP) is 0.0709. The Bertz CT molecular complexity index is 40.5. The smallest absolute Gasteiger partial charge is 0.363 e. The van der Waals surface area contributed by atoms with Crippen LogP contribution in [0.25, 0.3) is 0 Å². The molecule has 0 aromatic carbocycles. The highest BCUT2D eigenvalue weighted by atomic mass is 19.4. The zero-order chi connectivity index (χ0) is 5.21. The van der Waals surface area contributed by atoms with Gasteiger partial charge in [0.05, 0.1) is 0 Å². The monoisotopic (exact) mass is 98.0 g/mol. The summed E-state index contributed by atoms with van der Waals surface area (Å²) in [6.45, 7) is 0. The molecular formula is CH2BF3O. The van der Waals surface area contributed by atoms with Gasteiger partial charge >= 0.3 is 6.36 Å². The van der Waals surface area contributed by atoms with Gasteiger partial charge in [-0.05, 0) is 0 Å². The third kappa shape index (κ3) is 3.81. The van der Waals surface area contributed by atoms with Crippen LogP contribution in [0, 0.1) is 0 Å². The van der Waals surface area contributed by atoms with E-state index in [4.69, 9.17) is 0 Å². The van der Waals surface area contributed by atoms with Gasteiger partial charge in [0.15, 0.2) is 0 Å². The van der Waals surface area contributed by atoms with Crippen molar-refractivity contribution in [3.63, 3.8) is 0 Å². The molecule has 0 fully saturated rings. The number of halogens is 3. The van der Waals surface area contributed by atoms with Crippen LogP contribution in [0.4, 0.5) is 13.2 Å². The van der Waals surface area contributed by atoms with Gasteiger partial charge in [-0.15, -0.1) is 13.2 Å². The van der Waals surface area contributed by atoms with Gasteiger partial charge in [0.1, 0.15) is 0 Å². The first-order valence-electron chi connectivity index (χ1n) is 1.18. The number of hydrogen-bond donors (Lipinski definition) is 0. The normalized spacial score (nSPS) is 11.8. The molecule has 0 unspecified atom stereocenters. The summed E-state index contributed by atoms with van der Waals surface area (Å²) in [5.74, 6) is 0. The van der Waals surface area contributed by atoms with E-state index < -0.39 is 6.36 Å². The van der Waals surface area contributed by atoms with Crippen molar-refractivity contribution in [2.45, 2.75) is 6.36 Å². The van der Waals surface area contributed by atoms with Crippen molar-refractivity contribution in [3.8, 4) is 0 Å². The summed E-state index contributed by atoms with van der Waals surface area (Å²) in [7, 11) is 0.583. The van der Waals surface area contributed by atoms with Crippen LogP contribution in [0.3, 0.4) is 0 Å². The van der Waals surface area contributed by atoms with Crippen LogP contribution >= 0.6 is 0 Å². The second-order valence-corrected chi connectivity index (χ2v) is 0.650. The lowest BCUT2D eigenvalue weighted by molar-refractivity contribution is -0.273. The molecule has 0 aliphatic rings. The van der Waals surface area contributed by atoms with Crippen LogP contribution < -0.4 is 0 Å². The SMILES string of the molecule is BOC(F)(F)F. The van der Waals surface area contributed by atoms with E-state index in [0.29, 0.717) is 8.05 Å². The first-order chi connectivity index (χ1) is 2.56. The number of alkyl halides is 3. The molecule has 0 atom stereocenters. The van der Waals surface area contributed by atoms with E-state index in [1.807, 2.05) is 0 Å². The molecule has 0 N–H and O–H groups in total. The Hall–Kier alpha value is -0.185. The first-order valence-corrected chi connectivity index (χ1v) is 1.18. The minimum absolute atomic E-state index is 0.583. The highest BCUT2D eigenvalue weighted by Crippen LogP contribution is 2.12. The average Bonchev–Trinajstić information content (AvgIpc) is 1.35. The quantitative estimate of drug-likeness (QED) is 0.389. The molecule has 0 saturated heterocycles. The zero-order valence-electron chi connectivity index (χ0n) is 3.04. The average molecular weight is 97.8 g/mol. The Balaban J connectivity index is 3.17. The molecule has 0 heterocycles. The summed E-state index contributed by atoms with van der Waals surface area (Å²) in [5.41, 5.74) is 0. The summed E-state index contributed by atoms with van der Waals surface area (Å²) in [4.78, 5) is 0. The van der Waals surface area contributed by atoms with Crippen LogP contribution in [0.1, 0.15) is 0 Å². The first kappa shape index (κ1) is 5.81. The highest BCUT2D eigenvalue weighted by Gasteiger charge is 2.24. The lowest BCUT2D eigenvalue weighted by atomic mass is 10.6. The Morgan fingerprint density at radius 1 is 1.33 bits per heavy atom. The zero-order valence-corrected chi connectivity index (χ0v) is 3.04. The molecule has 0 aliphatic heterocycles. The Kier molecular flexibility index (Phi) is 1.46. The fraction of sp³-hybridized carbons (Fsp3) is 1.00. The van der Waals surface area contributed by atoms with E-state index in [1.54, 1.807) is 0 Å². The predicted molar refractivity (Wildman–Crippen MR) is 15.7 cm³/mol. The minimum atomic E-state index is -4.46. The van der Waals surface area contributed by atoms with E-state index in [1.165, 1.54) is 0 Å². The molecule has 1 nitrogen and oxygen atoms in total. The maximum absolute atomic E-state index is 10.6. The van der Waals surface area contributed by atoms with E-state index in [-0.39, 0.29) is 0 Å². The molecule has 0 bridgehead atoms. The van der Waals surface area contributed by atoms with Crippen molar-refractivity contribution in [2.75, 3.05) is 0 Å². The Morgan fingerprint density at radius 2 is 1.50 bits per heavy atom. The summed E-state index contributed by atoms with van der Waals surface area (Å²) in [6.07, 6.45) is -4.46. The van der Waals surface area contributed by atoms with Gasteiger partial charge in [-0.1, -0.05) is 0 Å². The fourth-order valence-electron chi connectivity index (χ4n) is 0. The molecule has 0 rings (SSSR count). The van der Waals surface area contributed by atoms with E-state index in [9.17, 15) is 13.2 Å². The van der Waals surface area contributed by atoms with Crippen molar-refractivity contribution in [1.29, 1.82) is 0 Å². The standard InChI is InChI=1S/CH2BF3O/c2-6-1(3,4)5/h2H2. The van der Waals surface area contributed by atoms with Crippen molar-refractivity contribution in [3.05, 3.63) is 0 Å². The van der Waals surface area contributed by atoms with E-state index in [0.717, 1.165) is 0 Å². The van der Waals surface area contributed by atoms with E-state index >= 15 is 0 Å². The van der Waals surface area contributed by atoms with Crippen molar-refractivity contribution >= 4 is 8.05 Å². The van der Waals surface area contributed by atoms with Crippen LogP contribution in [-0.2, 0) is 4.65 Å². The van der Waals surface area contributed by atoms with Crippen LogP contribution in [0.2, 0.25) is 0 Å². The van der Waals surface area contributed by atoms with Gasteiger partial charge in [0.2, 0.25) is 0 Å². The van der Waals surface area contributed by atoms with Crippen molar-refractivity contribution in [1.82, 2.24) is 0 Å². The molecule has 0 saturated carbocycles. The molecule has 0 radical (unpaired) electrons. The molecule has 0 amide bonds.